The summed E-state index contributed by atoms with van der Waals surface area (Å²) in [6.07, 6.45) is 2.55. The lowest BCUT2D eigenvalue weighted by atomic mass is 9.47. The summed E-state index contributed by atoms with van der Waals surface area (Å²) in [5.74, 6) is -2.39. The fourth-order valence-corrected chi connectivity index (χ4v) is 7.36. The van der Waals surface area contributed by atoms with Crippen molar-refractivity contribution in [3.63, 3.8) is 0 Å². The molecule has 2 bridgehead atoms. The standard InChI is InChI=1S/C35H28ClN3O3/c1-21-15-17-23(19-28(21)36)39-33(41)31-30-24-11-5-7-13-26(24)35(32(31)34(39)42,27-14-8-6-12-25(27)30)20-37-38-29(40)18-16-22-9-3-2-4-10-22/h2-15,17,19-20,30-32H,16,18H2,1H3,(H,38,40)/b37-20-/t30?,31-,32-,35?/m1/s1. The number of benzene rings is 4. The van der Waals surface area contributed by atoms with Gasteiger partial charge in [0.15, 0.2) is 0 Å². The molecule has 8 rings (SSSR count). The predicted octanol–water partition coefficient (Wildman–Crippen LogP) is 5.93. The normalized spacial score (nSPS) is 23.6. The van der Waals surface area contributed by atoms with Crippen molar-refractivity contribution >= 4 is 41.2 Å². The SMILES string of the molecule is Cc1ccc(N2C(=O)[C@@H]3C4c5ccccc5C(/C=N\NC(=O)CCc5ccccc5)(c5ccccc54)[C@H]3C2=O)cc1Cl. The Morgan fingerprint density at radius 1 is 0.905 bits per heavy atom. The van der Waals surface area contributed by atoms with E-state index >= 15 is 0 Å². The molecule has 42 heavy (non-hydrogen) atoms. The number of nitrogens with zero attached hydrogens (tertiary/aromatic N) is 2. The van der Waals surface area contributed by atoms with Gasteiger partial charge in [0.05, 0.1) is 22.9 Å². The lowest BCUT2D eigenvalue weighted by Crippen LogP contribution is -2.54. The zero-order valence-electron chi connectivity index (χ0n) is 23.0. The number of halogens is 1. The van der Waals surface area contributed by atoms with Gasteiger partial charge >= 0.3 is 0 Å². The number of anilines is 1. The smallest absolute Gasteiger partial charge is 0.240 e. The number of hydrogen-bond donors (Lipinski definition) is 1. The van der Waals surface area contributed by atoms with Crippen molar-refractivity contribution in [3.8, 4) is 0 Å². The Kier molecular flexibility index (Phi) is 6.32. The minimum atomic E-state index is -1.05. The zero-order chi connectivity index (χ0) is 29.0. The van der Waals surface area contributed by atoms with Crippen molar-refractivity contribution in [2.45, 2.75) is 31.1 Å². The van der Waals surface area contributed by atoms with Crippen LogP contribution in [0.15, 0.2) is 102 Å². The molecule has 0 radical (unpaired) electrons. The lowest BCUT2D eigenvalue weighted by molar-refractivity contribution is -0.123. The van der Waals surface area contributed by atoms with Crippen LogP contribution >= 0.6 is 11.6 Å². The average Bonchev–Trinajstić information content (AvgIpc) is 3.28. The molecule has 2 atom stereocenters. The van der Waals surface area contributed by atoms with E-state index in [1.807, 2.05) is 91.9 Å². The van der Waals surface area contributed by atoms with E-state index in [1.165, 1.54) is 4.90 Å². The quantitative estimate of drug-likeness (QED) is 0.176. The van der Waals surface area contributed by atoms with Gasteiger partial charge < -0.3 is 0 Å². The van der Waals surface area contributed by atoms with Gasteiger partial charge in [0, 0.05) is 23.6 Å². The maximum Gasteiger partial charge on any atom is 0.240 e. The largest absolute Gasteiger partial charge is 0.274 e. The highest BCUT2D eigenvalue weighted by Crippen LogP contribution is 2.63. The van der Waals surface area contributed by atoms with Crippen LogP contribution in [0, 0.1) is 18.8 Å². The molecule has 4 aromatic rings. The first kappa shape index (κ1) is 26.4. The van der Waals surface area contributed by atoms with Gasteiger partial charge in [-0.25, -0.2) is 10.3 Å². The van der Waals surface area contributed by atoms with Gasteiger partial charge in [-0.1, -0.05) is 96.5 Å². The van der Waals surface area contributed by atoms with E-state index in [4.69, 9.17) is 11.6 Å². The fourth-order valence-electron chi connectivity index (χ4n) is 7.19. The molecule has 6 nitrogen and oxygen atoms in total. The number of hydrogen-bond acceptors (Lipinski definition) is 4. The predicted molar refractivity (Wildman–Crippen MR) is 163 cm³/mol. The van der Waals surface area contributed by atoms with Gasteiger partial charge in [-0.2, -0.15) is 5.10 Å². The molecule has 0 aromatic heterocycles. The number of carbonyl (C=O) groups is 3. The van der Waals surface area contributed by atoms with Crippen LogP contribution < -0.4 is 10.3 Å². The molecule has 208 valence electrons. The number of imide groups is 1. The molecule has 1 heterocycles. The first-order chi connectivity index (χ1) is 20.4. The third-order valence-corrected chi connectivity index (χ3v) is 9.45. The van der Waals surface area contributed by atoms with Gasteiger partial charge in [-0.3, -0.25) is 14.4 Å². The number of amides is 3. The second-order valence-corrected chi connectivity index (χ2v) is 11.7. The summed E-state index contributed by atoms with van der Waals surface area (Å²) in [6.45, 7) is 1.88. The van der Waals surface area contributed by atoms with E-state index in [-0.39, 0.29) is 30.1 Å². The molecular weight excluding hydrogens is 546 g/mol. The van der Waals surface area contributed by atoms with Gasteiger partial charge in [0.2, 0.25) is 17.7 Å². The number of carbonyl (C=O) groups excluding carboxylic acids is 3. The van der Waals surface area contributed by atoms with E-state index < -0.39 is 17.3 Å². The van der Waals surface area contributed by atoms with Crippen LogP contribution in [-0.2, 0) is 26.2 Å². The van der Waals surface area contributed by atoms with Crippen molar-refractivity contribution < 1.29 is 14.4 Å². The second kappa shape index (κ2) is 10.1. The Labute approximate surface area is 249 Å². The van der Waals surface area contributed by atoms with Crippen LogP contribution in [0.5, 0.6) is 0 Å². The Morgan fingerprint density at radius 2 is 1.55 bits per heavy atom. The average molecular weight is 574 g/mol. The molecule has 0 unspecified atom stereocenters. The number of aryl methyl sites for hydroxylation is 2. The highest BCUT2D eigenvalue weighted by molar-refractivity contribution is 6.32. The summed E-state index contributed by atoms with van der Waals surface area (Å²) >= 11 is 6.44. The molecule has 4 aromatic carbocycles. The molecule has 3 aliphatic carbocycles. The third kappa shape index (κ3) is 3.86. The van der Waals surface area contributed by atoms with Crippen LogP contribution in [0.4, 0.5) is 5.69 Å². The minimum absolute atomic E-state index is 0.223. The summed E-state index contributed by atoms with van der Waals surface area (Å²) in [7, 11) is 0. The molecule has 1 fully saturated rings. The molecular formula is C35H28ClN3O3. The summed E-state index contributed by atoms with van der Waals surface area (Å²) < 4.78 is 0. The van der Waals surface area contributed by atoms with E-state index in [0.717, 1.165) is 33.4 Å². The lowest BCUT2D eigenvalue weighted by Gasteiger charge is -2.52. The first-order valence-electron chi connectivity index (χ1n) is 14.1. The van der Waals surface area contributed by atoms with Crippen molar-refractivity contribution in [2.24, 2.45) is 16.9 Å². The van der Waals surface area contributed by atoms with Crippen molar-refractivity contribution in [2.75, 3.05) is 4.90 Å². The van der Waals surface area contributed by atoms with Gasteiger partial charge in [0.25, 0.3) is 0 Å². The fraction of sp³-hybridized carbons (Fsp3) is 0.200. The van der Waals surface area contributed by atoms with Gasteiger partial charge in [-0.15, -0.1) is 0 Å². The van der Waals surface area contributed by atoms with Crippen molar-refractivity contribution in [3.05, 3.63) is 135 Å². The molecule has 1 aliphatic heterocycles. The summed E-state index contributed by atoms with van der Waals surface area (Å²) in [6, 6.07) is 31.0. The molecule has 1 saturated heterocycles. The van der Waals surface area contributed by atoms with E-state index in [0.29, 0.717) is 17.1 Å². The van der Waals surface area contributed by atoms with E-state index in [9.17, 15) is 14.4 Å². The second-order valence-electron chi connectivity index (χ2n) is 11.2. The monoisotopic (exact) mass is 573 g/mol. The molecule has 4 aliphatic rings. The third-order valence-electron chi connectivity index (χ3n) is 9.04. The maximum atomic E-state index is 14.4. The van der Waals surface area contributed by atoms with Crippen molar-refractivity contribution in [1.82, 2.24) is 5.43 Å². The van der Waals surface area contributed by atoms with Gasteiger partial charge in [0.1, 0.15) is 0 Å². The minimum Gasteiger partial charge on any atom is -0.274 e. The molecule has 0 saturated carbocycles. The van der Waals surface area contributed by atoms with Gasteiger partial charge in [-0.05, 0) is 58.9 Å². The Bertz CT molecular complexity index is 1740. The topological polar surface area (TPSA) is 78.8 Å². The number of rotatable bonds is 6. The van der Waals surface area contributed by atoms with E-state index in [2.05, 4.69) is 10.5 Å². The molecule has 1 N–H and O–H groups in total. The summed E-state index contributed by atoms with van der Waals surface area (Å²) in [4.78, 5) is 42.8. The Morgan fingerprint density at radius 3 is 2.21 bits per heavy atom. The highest BCUT2D eigenvalue weighted by atomic mass is 35.5. The number of hydrazone groups is 1. The zero-order valence-corrected chi connectivity index (χ0v) is 23.7. The maximum absolute atomic E-state index is 14.4. The summed E-state index contributed by atoms with van der Waals surface area (Å²) in [5, 5.41) is 4.98. The van der Waals surface area contributed by atoms with Crippen LogP contribution in [0.2, 0.25) is 5.02 Å². The van der Waals surface area contributed by atoms with Crippen molar-refractivity contribution in [1.29, 1.82) is 0 Å². The van der Waals surface area contributed by atoms with Crippen LogP contribution in [0.25, 0.3) is 0 Å². The highest BCUT2D eigenvalue weighted by Gasteiger charge is 2.68. The van der Waals surface area contributed by atoms with Crippen LogP contribution in [-0.4, -0.2) is 23.9 Å². The Hall–Kier alpha value is -4.55. The first-order valence-corrected chi connectivity index (χ1v) is 14.5. The molecule has 7 heteroatoms. The van der Waals surface area contributed by atoms with E-state index in [1.54, 1.807) is 18.3 Å². The molecule has 0 spiro atoms. The summed E-state index contributed by atoms with van der Waals surface area (Å²) in [5.41, 5.74) is 7.92. The van der Waals surface area contributed by atoms with Crippen LogP contribution in [0.1, 0.15) is 45.7 Å². The number of nitrogens with one attached hydrogen (secondary N) is 1. The van der Waals surface area contributed by atoms with Crippen LogP contribution in [0.3, 0.4) is 0 Å². The molecule has 3 amide bonds. The Balaban J connectivity index is 1.32.